The van der Waals surface area contributed by atoms with E-state index >= 15 is 0 Å². The number of hydrogen-bond acceptors (Lipinski definition) is 11. The van der Waals surface area contributed by atoms with E-state index in [1.807, 2.05) is 24.5 Å². The summed E-state index contributed by atoms with van der Waals surface area (Å²) in [6.45, 7) is 4.51. The highest BCUT2D eigenvalue weighted by atomic mass is 35.5. The van der Waals surface area contributed by atoms with Gasteiger partial charge in [-0.25, -0.2) is 19.6 Å². The van der Waals surface area contributed by atoms with Crippen LogP contribution in [0.15, 0.2) is 34.1 Å². The van der Waals surface area contributed by atoms with E-state index in [0.717, 1.165) is 79.3 Å². The number of ether oxygens (including phenoxy) is 2. The first kappa shape index (κ1) is 38.9. The number of carboxylic acids is 1. The Morgan fingerprint density at radius 2 is 1.91 bits per heavy atom. The molecule has 0 spiro atoms. The van der Waals surface area contributed by atoms with Crippen molar-refractivity contribution in [2.75, 3.05) is 18.0 Å². The summed E-state index contributed by atoms with van der Waals surface area (Å²) in [7, 11) is 0. The summed E-state index contributed by atoms with van der Waals surface area (Å²) in [6, 6.07) is 6.35. The third kappa shape index (κ3) is 7.20. The molecule has 0 radical (unpaired) electrons. The third-order valence-electron chi connectivity index (χ3n) is 11.0. The van der Waals surface area contributed by atoms with Crippen LogP contribution in [-0.2, 0) is 47.4 Å². The van der Waals surface area contributed by atoms with Crippen molar-refractivity contribution in [2.45, 2.75) is 115 Å². The van der Waals surface area contributed by atoms with Gasteiger partial charge in [0.2, 0.25) is 11.5 Å². The number of fused-ring (bicyclic) bond motifs is 5. The average Bonchev–Trinajstić information content (AvgIpc) is 3.53. The zero-order chi connectivity index (χ0) is 37.3. The SMILES string of the molecule is CCCCCN1C=Nc2cccc3nc4c(c1c23)Cn1c-4cc2c(c1=O)COC(=O)[C@@]2(CC)OC(=O)CC[C@H](NC(=O)CNC1CCCCC1)C(=O)O.Cl. The number of carbonyl (C=O) groups excluding carboxylic acids is 3. The predicted octanol–water partition coefficient (Wildman–Crippen LogP) is 4.99. The van der Waals surface area contributed by atoms with E-state index in [0.29, 0.717) is 11.4 Å². The highest BCUT2D eigenvalue weighted by molar-refractivity contribution is 6.11. The molecule has 3 aromatic rings. The Morgan fingerprint density at radius 3 is 2.65 bits per heavy atom. The van der Waals surface area contributed by atoms with Crippen LogP contribution >= 0.6 is 12.4 Å². The second kappa shape index (κ2) is 16.3. The summed E-state index contributed by atoms with van der Waals surface area (Å²) in [5, 5.41) is 16.4. The van der Waals surface area contributed by atoms with Crippen molar-refractivity contribution in [1.82, 2.24) is 20.2 Å². The number of esters is 2. The van der Waals surface area contributed by atoms with Crippen LogP contribution in [-0.4, -0.2) is 70.0 Å². The minimum atomic E-state index is -1.94. The molecule has 2 aromatic heterocycles. The summed E-state index contributed by atoms with van der Waals surface area (Å²) in [4.78, 5) is 77.8. The number of halogens is 1. The normalized spacial score (nSPS) is 18.9. The maximum absolute atomic E-state index is 14.2. The fraction of sp³-hybridized carbons (Fsp3) is 0.513. The van der Waals surface area contributed by atoms with Crippen molar-refractivity contribution in [3.05, 3.63) is 51.3 Å². The molecule has 54 heavy (non-hydrogen) atoms. The van der Waals surface area contributed by atoms with E-state index in [4.69, 9.17) is 19.5 Å². The van der Waals surface area contributed by atoms with Crippen LogP contribution in [0.3, 0.4) is 0 Å². The lowest BCUT2D eigenvalue weighted by molar-refractivity contribution is -0.189. The Labute approximate surface area is 319 Å². The van der Waals surface area contributed by atoms with Crippen LogP contribution in [0.5, 0.6) is 0 Å². The van der Waals surface area contributed by atoms with E-state index in [1.165, 1.54) is 6.42 Å². The molecule has 0 unspecified atom stereocenters. The zero-order valence-electron chi connectivity index (χ0n) is 30.7. The molecule has 1 fully saturated rings. The number of carbonyl (C=O) groups is 4. The molecule has 3 aliphatic heterocycles. The molecule has 4 aliphatic rings. The Balaban J connectivity index is 0.00000497. The van der Waals surface area contributed by atoms with E-state index < -0.39 is 41.9 Å². The maximum atomic E-state index is 14.2. The maximum Gasteiger partial charge on any atom is 0.355 e. The summed E-state index contributed by atoms with van der Waals surface area (Å²) < 4.78 is 13.0. The van der Waals surface area contributed by atoms with Crippen molar-refractivity contribution in [3.8, 4) is 11.4 Å². The number of nitrogens with zero attached hydrogens (tertiary/aromatic N) is 4. The highest BCUT2D eigenvalue weighted by Gasteiger charge is 2.50. The lowest BCUT2D eigenvalue weighted by atomic mass is 9.85. The van der Waals surface area contributed by atoms with E-state index in [9.17, 15) is 29.1 Å². The number of rotatable bonds is 14. The van der Waals surface area contributed by atoms with Gasteiger partial charge in [0.1, 0.15) is 12.6 Å². The number of aromatic nitrogens is 2. The summed E-state index contributed by atoms with van der Waals surface area (Å²) in [5.74, 6) is -3.45. The lowest BCUT2D eigenvalue weighted by Crippen LogP contribution is -2.48. The number of nitrogens with one attached hydrogen (secondary N) is 2. The quantitative estimate of drug-likeness (QED) is 0.116. The van der Waals surface area contributed by atoms with Gasteiger partial charge in [-0.15, -0.1) is 12.4 Å². The molecular weight excluding hydrogens is 716 g/mol. The van der Waals surface area contributed by atoms with E-state index in [1.54, 1.807) is 17.6 Å². The first-order chi connectivity index (χ1) is 25.6. The second-order valence-corrected chi connectivity index (χ2v) is 14.4. The van der Waals surface area contributed by atoms with Gasteiger partial charge < -0.3 is 34.7 Å². The van der Waals surface area contributed by atoms with Crippen molar-refractivity contribution in [3.63, 3.8) is 0 Å². The van der Waals surface area contributed by atoms with Gasteiger partial charge in [-0.1, -0.05) is 52.0 Å². The summed E-state index contributed by atoms with van der Waals surface area (Å²) in [6.07, 6.45) is 9.51. The van der Waals surface area contributed by atoms with Gasteiger partial charge in [-0.2, -0.15) is 0 Å². The number of hydrogen-bond donors (Lipinski definition) is 3. The average molecular weight is 763 g/mol. The largest absolute Gasteiger partial charge is 0.480 e. The second-order valence-electron chi connectivity index (χ2n) is 14.4. The fourth-order valence-electron chi connectivity index (χ4n) is 8.11. The number of pyridine rings is 2. The van der Waals surface area contributed by atoms with Crippen LogP contribution in [0.4, 0.5) is 11.4 Å². The smallest absolute Gasteiger partial charge is 0.355 e. The van der Waals surface area contributed by atoms with Gasteiger partial charge in [0.05, 0.1) is 58.7 Å². The Morgan fingerprint density at radius 1 is 1.11 bits per heavy atom. The van der Waals surface area contributed by atoms with Gasteiger partial charge in [-0.05, 0) is 50.3 Å². The number of unbranched alkanes of at least 4 members (excludes halogenated alkanes) is 2. The Hall–Kier alpha value is -4.82. The molecule has 15 heteroatoms. The lowest BCUT2D eigenvalue weighted by Gasteiger charge is -2.35. The van der Waals surface area contributed by atoms with Gasteiger partial charge in [0, 0.05) is 30.1 Å². The van der Waals surface area contributed by atoms with E-state index in [-0.39, 0.29) is 67.7 Å². The molecule has 0 bridgehead atoms. The van der Waals surface area contributed by atoms with Crippen LogP contribution in [0.1, 0.15) is 101 Å². The van der Waals surface area contributed by atoms with Crippen LogP contribution < -0.4 is 21.1 Å². The molecular formula is C39H47ClN6O8. The highest BCUT2D eigenvalue weighted by Crippen LogP contribution is 2.47. The molecule has 288 valence electrons. The van der Waals surface area contributed by atoms with Gasteiger partial charge in [0.25, 0.3) is 5.56 Å². The predicted molar refractivity (Wildman–Crippen MR) is 204 cm³/mol. The molecule has 3 N–H and O–H groups in total. The summed E-state index contributed by atoms with van der Waals surface area (Å²) >= 11 is 0. The van der Waals surface area contributed by atoms with Crippen molar-refractivity contribution in [2.24, 2.45) is 4.99 Å². The van der Waals surface area contributed by atoms with E-state index in [2.05, 4.69) is 22.5 Å². The van der Waals surface area contributed by atoms with Crippen molar-refractivity contribution in [1.29, 1.82) is 0 Å². The number of aliphatic imine (C=N–C) groups is 1. The molecule has 1 aromatic carbocycles. The number of carboxylic acid groups (broad SMARTS) is 1. The number of aliphatic carboxylic acids is 1. The first-order valence-corrected chi connectivity index (χ1v) is 18.8. The van der Waals surface area contributed by atoms with Crippen molar-refractivity contribution < 1.29 is 33.8 Å². The number of amides is 1. The van der Waals surface area contributed by atoms with Gasteiger partial charge in [-0.3, -0.25) is 14.4 Å². The zero-order valence-corrected chi connectivity index (χ0v) is 31.5. The molecule has 1 saturated carbocycles. The molecule has 14 nitrogen and oxygen atoms in total. The number of cyclic esters (lactones) is 1. The molecule has 1 amide bonds. The van der Waals surface area contributed by atoms with Gasteiger partial charge in [0.15, 0.2) is 0 Å². The monoisotopic (exact) mass is 762 g/mol. The van der Waals surface area contributed by atoms with Crippen LogP contribution in [0.25, 0.3) is 22.3 Å². The number of benzene rings is 1. The van der Waals surface area contributed by atoms with Crippen LogP contribution in [0.2, 0.25) is 0 Å². The standard InChI is InChI=1S/C39H46N6O8.ClH/c1-3-5-9-17-44-22-41-27-13-10-14-28-33(27)35(44)24-20-45-30(34(24)43-28)18-26-25(36(45)48)21-52-38(51)39(26,4-2)53-32(47)16-15-29(37(49)50)42-31(46)19-40-23-11-7-6-8-12-23;/h10,13-14,18,22-23,29,40H,3-9,11-12,15-17,19-21H2,1-2H3,(H,42,46)(H,49,50);1H/t29-,39-;/m0./s1. The minimum absolute atomic E-state index is 0. The Bertz CT molecular complexity index is 2060. The fourth-order valence-corrected chi connectivity index (χ4v) is 8.11. The topological polar surface area (TPSA) is 182 Å². The molecule has 5 heterocycles. The molecule has 7 rings (SSSR count). The third-order valence-corrected chi connectivity index (χ3v) is 11.0. The molecule has 2 atom stereocenters. The molecule has 0 saturated heterocycles. The van der Waals surface area contributed by atoms with Crippen molar-refractivity contribution >= 4 is 64.8 Å². The number of anilines is 1. The first-order valence-electron chi connectivity index (χ1n) is 18.8. The minimum Gasteiger partial charge on any atom is -0.480 e. The summed E-state index contributed by atoms with van der Waals surface area (Å²) in [5.41, 5.74) is 2.59. The van der Waals surface area contributed by atoms with Crippen LogP contribution in [0, 0.1) is 0 Å². The van der Waals surface area contributed by atoms with Gasteiger partial charge >= 0.3 is 17.9 Å². The Kier molecular flexibility index (Phi) is 11.7. The molecule has 1 aliphatic carbocycles.